The third-order valence-corrected chi connectivity index (χ3v) is 6.67. The van der Waals surface area contributed by atoms with Gasteiger partial charge in [-0.25, -0.2) is 13.1 Å². The number of nitrogens with one attached hydrogen (secondary N) is 1. The maximum absolute atomic E-state index is 12.8. The van der Waals surface area contributed by atoms with Crippen LogP contribution in [-0.4, -0.2) is 31.6 Å². The third kappa shape index (κ3) is 3.82. The molecule has 3 atom stereocenters. The second kappa shape index (κ2) is 7.51. The van der Waals surface area contributed by atoms with E-state index in [0.717, 1.165) is 15.6 Å². The molecule has 0 radical (unpaired) electrons. The highest BCUT2D eigenvalue weighted by molar-refractivity contribution is 14.1. The Kier molecular flexibility index (Phi) is 5.59. The van der Waals surface area contributed by atoms with Crippen molar-refractivity contribution in [1.29, 1.82) is 0 Å². The van der Waals surface area contributed by atoms with Gasteiger partial charge in [-0.3, -0.25) is 0 Å². The summed E-state index contributed by atoms with van der Waals surface area (Å²) in [5.74, 6) is 0.0196. The number of sulfonamides is 1. The minimum absolute atomic E-state index is 0.0196. The fourth-order valence-corrected chi connectivity index (χ4v) is 5.07. The molecule has 0 unspecified atom stereocenters. The first-order chi connectivity index (χ1) is 11.5. The molecule has 0 bridgehead atoms. The van der Waals surface area contributed by atoms with Crippen molar-refractivity contribution in [3.05, 3.63) is 65.7 Å². The van der Waals surface area contributed by atoms with Gasteiger partial charge >= 0.3 is 0 Å². The molecule has 24 heavy (non-hydrogen) atoms. The van der Waals surface area contributed by atoms with Crippen LogP contribution in [-0.2, 0) is 14.8 Å². The monoisotopic (exact) mass is 457 g/mol. The van der Waals surface area contributed by atoms with E-state index in [-0.39, 0.29) is 18.1 Å². The van der Waals surface area contributed by atoms with E-state index in [1.54, 1.807) is 12.1 Å². The second-order valence-corrected chi connectivity index (χ2v) is 8.60. The van der Waals surface area contributed by atoms with Gasteiger partial charge < -0.3 is 4.74 Å². The van der Waals surface area contributed by atoms with Crippen LogP contribution in [0, 0.1) is 6.92 Å². The van der Waals surface area contributed by atoms with Crippen molar-refractivity contribution in [2.24, 2.45) is 0 Å². The zero-order chi connectivity index (χ0) is 17.2. The molecule has 0 aliphatic carbocycles. The van der Waals surface area contributed by atoms with Gasteiger partial charge in [0, 0.05) is 10.3 Å². The van der Waals surface area contributed by atoms with Gasteiger partial charge in [0.15, 0.2) is 0 Å². The molecular formula is C18H20INO3S. The van der Waals surface area contributed by atoms with Gasteiger partial charge in [-0.15, -0.1) is 0 Å². The number of alkyl halides is 1. The average Bonchev–Trinajstić information content (AvgIpc) is 2.98. The molecule has 1 heterocycles. The Morgan fingerprint density at radius 2 is 1.79 bits per heavy atom. The Morgan fingerprint density at radius 1 is 1.12 bits per heavy atom. The van der Waals surface area contributed by atoms with E-state index in [9.17, 15) is 8.42 Å². The SMILES string of the molecule is Cc1ccc(S(=O)(=O)N[C@@H]2[C@H](CI)OC[C@@H]2c2ccccc2)cc1. The molecule has 1 aliphatic heterocycles. The molecule has 4 nitrogen and oxygen atoms in total. The molecule has 128 valence electrons. The fraction of sp³-hybridized carbons (Fsp3) is 0.333. The zero-order valence-corrected chi connectivity index (χ0v) is 16.3. The lowest BCUT2D eigenvalue weighted by Crippen LogP contribution is -2.44. The van der Waals surface area contributed by atoms with Crippen LogP contribution in [0.1, 0.15) is 17.0 Å². The maximum atomic E-state index is 12.8. The van der Waals surface area contributed by atoms with Gasteiger partial charge in [0.05, 0.1) is 23.6 Å². The zero-order valence-electron chi connectivity index (χ0n) is 13.4. The normalized spacial score (nSPS) is 24.2. The Bertz CT molecular complexity index is 778. The first-order valence-corrected chi connectivity index (χ1v) is 10.8. The van der Waals surface area contributed by atoms with Gasteiger partial charge in [-0.2, -0.15) is 0 Å². The van der Waals surface area contributed by atoms with Gasteiger partial charge in [0.25, 0.3) is 0 Å². The summed E-state index contributed by atoms with van der Waals surface area (Å²) in [5, 5.41) is 0. The summed E-state index contributed by atoms with van der Waals surface area (Å²) in [6.07, 6.45) is -0.129. The number of hydrogen-bond acceptors (Lipinski definition) is 3. The highest BCUT2D eigenvalue weighted by Crippen LogP contribution is 2.32. The standard InChI is InChI=1S/C18H20INO3S/c1-13-7-9-15(10-8-13)24(21,22)20-18-16(12-23-17(18)11-19)14-5-3-2-4-6-14/h2-10,16-18,20H,11-12H2,1H3/t16-,17+,18+/m1/s1. The average molecular weight is 457 g/mol. The van der Waals surface area contributed by atoms with E-state index < -0.39 is 10.0 Å². The summed E-state index contributed by atoms with van der Waals surface area (Å²) in [5.41, 5.74) is 2.13. The summed E-state index contributed by atoms with van der Waals surface area (Å²) in [6, 6.07) is 16.6. The maximum Gasteiger partial charge on any atom is 0.240 e. The predicted octanol–water partition coefficient (Wildman–Crippen LogP) is 3.26. The lowest BCUT2D eigenvalue weighted by atomic mass is 9.92. The van der Waals surface area contributed by atoms with Crippen LogP contribution in [0.2, 0.25) is 0 Å². The van der Waals surface area contributed by atoms with Gasteiger partial charge in [0.2, 0.25) is 10.0 Å². The van der Waals surface area contributed by atoms with Crippen LogP contribution >= 0.6 is 22.6 Å². The van der Waals surface area contributed by atoms with Crippen molar-refractivity contribution in [3.8, 4) is 0 Å². The lowest BCUT2D eigenvalue weighted by Gasteiger charge is -2.23. The number of rotatable bonds is 5. The molecule has 3 rings (SSSR count). The molecule has 2 aromatic carbocycles. The Hall–Kier alpha value is -0.960. The van der Waals surface area contributed by atoms with Gasteiger partial charge in [-0.1, -0.05) is 70.6 Å². The van der Waals surface area contributed by atoms with Crippen LogP contribution in [0.5, 0.6) is 0 Å². The summed E-state index contributed by atoms with van der Waals surface area (Å²) in [6.45, 7) is 2.46. The number of hydrogen-bond donors (Lipinski definition) is 1. The van der Waals surface area contributed by atoms with Crippen molar-refractivity contribution in [2.75, 3.05) is 11.0 Å². The molecule has 0 amide bonds. The number of aryl methyl sites for hydroxylation is 1. The van der Waals surface area contributed by atoms with Crippen LogP contribution < -0.4 is 4.72 Å². The molecular weight excluding hydrogens is 437 g/mol. The Labute approximate surface area is 156 Å². The van der Waals surface area contributed by atoms with E-state index >= 15 is 0 Å². The molecule has 1 fully saturated rings. The van der Waals surface area contributed by atoms with E-state index in [1.165, 1.54) is 0 Å². The molecule has 0 aromatic heterocycles. The molecule has 0 saturated carbocycles. The lowest BCUT2D eigenvalue weighted by molar-refractivity contribution is 0.121. The third-order valence-electron chi connectivity index (χ3n) is 4.33. The van der Waals surface area contributed by atoms with Crippen molar-refractivity contribution in [1.82, 2.24) is 4.72 Å². The molecule has 1 aliphatic rings. The predicted molar refractivity (Wildman–Crippen MR) is 103 cm³/mol. The number of ether oxygens (including phenoxy) is 1. The van der Waals surface area contributed by atoms with Crippen LogP contribution in [0.25, 0.3) is 0 Å². The fourth-order valence-electron chi connectivity index (χ4n) is 2.96. The molecule has 1 N–H and O–H groups in total. The summed E-state index contributed by atoms with van der Waals surface area (Å²) < 4.78 is 35.0. The van der Waals surface area contributed by atoms with E-state index in [1.807, 2.05) is 49.4 Å². The Morgan fingerprint density at radius 3 is 2.42 bits per heavy atom. The highest BCUT2D eigenvalue weighted by atomic mass is 127. The second-order valence-electron chi connectivity index (χ2n) is 6.00. The first-order valence-electron chi connectivity index (χ1n) is 7.83. The molecule has 2 aromatic rings. The molecule has 1 saturated heterocycles. The minimum Gasteiger partial charge on any atom is -0.375 e. The molecule has 0 spiro atoms. The van der Waals surface area contributed by atoms with Gasteiger partial charge in [-0.05, 0) is 24.6 Å². The van der Waals surface area contributed by atoms with Crippen LogP contribution in [0.15, 0.2) is 59.5 Å². The smallest absolute Gasteiger partial charge is 0.240 e. The minimum atomic E-state index is -3.58. The van der Waals surface area contributed by atoms with E-state index in [0.29, 0.717) is 11.5 Å². The highest BCUT2D eigenvalue weighted by Gasteiger charge is 2.40. The van der Waals surface area contributed by atoms with Crippen molar-refractivity contribution in [2.45, 2.75) is 29.9 Å². The largest absolute Gasteiger partial charge is 0.375 e. The summed E-state index contributed by atoms with van der Waals surface area (Å²) >= 11 is 2.24. The first kappa shape index (κ1) is 17.8. The summed E-state index contributed by atoms with van der Waals surface area (Å²) in [7, 11) is -3.58. The van der Waals surface area contributed by atoms with Crippen molar-refractivity contribution >= 4 is 32.6 Å². The molecule has 6 heteroatoms. The Balaban J connectivity index is 1.88. The number of halogens is 1. The quantitative estimate of drug-likeness (QED) is 0.554. The van der Waals surface area contributed by atoms with Crippen LogP contribution in [0.4, 0.5) is 0 Å². The van der Waals surface area contributed by atoms with Crippen LogP contribution in [0.3, 0.4) is 0 Å². The number of benzene rings is 2. The van der Waals surface area contributed by atoms with Crippen molar-refractivity contribution in [3.63, 3.8) is 0 Å². The van der Waals surface area contributed by atoms with Crippen molar-refractivity contribution < 1.29 is 13.2 Å². The van der Waals surface area contributed by atoms with E-state index in [2.05, 4.69) is 27.3 Å². The topological polar surface area (TPSA) is 55.4 Å². The van der Waals surface area contributed by atoms with E-state index in [4.69, 9.17) is 4.74 Å². The van der Waals surface area contributed by atoms with Gasteiger partial charge in [0.1, 0.15) is 0 Å². The summed E-state index contributed by atoms with van der Waals surface area (Å²) in [4.78, 5) is 0.291.